The van der Waals surface area contributed by atoms with E-state index in [9.17, 15) is 14.4 Å². The van der Waals surface area contributed by atoms with E-state index in [1.165, 1.54) is 4.57 Å². The van der Waals surface area contributed by atoms with Crippen molar-refractivity contribution in [3.63, 3.8) is 0 Å². The molecule has 5 aromatic rings. The second-order valence-corrected chi connectivity index (χ2v) is 11.6. The molecule has 1 aliphatic heterocycles. The number of nitrogens with two attached hydrogens (primary N) is 1. The van der Waals surface area contributed by atoms with Gasteiger partial charge in [-0.15, -0.1) is 11.3 Å². The molecule has 0 saturated heterocycles. The van der Waals surface area contributed by atoms with E-state index in [1.807, 2.05) is 12.1 Å². The van der Waals surface area contributed by atoms with E-state index >= 15 is 0 Å². The summed E-state index contributed by atoms with van der Waals surface area (Å²) in [6.07, 6.45) is 1.72. The third kappa shape index (κ3) is 5.05. The Bertz CT molecular complexity index is 2050. The molecule has 42 heavy (non-hydrogen) atoms. The summed E-state index contributed by atoms with van der Waals surface area (Å²) in [7, 11) is 0. The Hall–Kier alpha value is -4.49. The van der Waals surface area contributed by atoms with Gasteiger partial charge in [-0.1, -0.05) is 108 Å². The second kappa shape index (κ2) is 11.4. The average molecular weight is 610 g/mol. The number of aromatic nitrogens is 1. The van der Waals surface area contributed by atoms with Gasteiger partial charge in [0.15, 0.2) is 11.6 Å². The van der Waals surface area contributed by atoms with E-state index in [4.69, 9.17) is 28.9 Å². The number of carbonyl (C=O) groups excluding carboxylic acids is 2. The molecule has 0 saturated carbocycles. The highest BCUT2D eigenvalue weighted by Crippen LogP contribution is 2.40. The Labute approximate surface area is 255 Å². The quantitative estimate of drug-likeness (QED) is 0.244. The summed E-state index contributed by atoms with van der Waals surface area (Å²) >= 11 is 13.4. The van der Waals surface area contributed by atoms with E-state index in [0.717, 1.165) is 16.9 Å². The maximum atomic E-state index is 14.4. The molecule has 206 valence electrons. The zero-order valence-corrected chi connectivity index (χ0v) is 24.3. The van der Waals surface area contributed by atoms with Crippen molar-refractivity contribution < 1.29 is 9.59 Å². The normalized spacial score (nSPS) is 15.0. The van der Waals surface area contributed by atoms with Gasteiger partial charge >= 0.3 is 0 Å². The molecule has 8 heteroatoms. The molecule has 5 nitrogen and oxygen atoms in total. The molecule has 0 amide bonds. The molecule has 0 spiro atoms. The van der Waals surface area contributed by atoms with Crippen LogP contribution in [0.1, 0.15) is 37.8 Å². The van der Waals surface area contributed by atoms with Crippen molar-refractivity contribution >= 4 is 63.6 Å². The number of hydrogen-bond acceptors (Lipinski definition) is 5. The van der Waals surface area contributed by atoms with Crippen LogP contribution in [0, 0.1) is 0 Å². The van der Waals surface area contributed by atoms with E-state index in [-0.39, 0.29) is 28.5 Å². The molecular formula is C34H22Cl2N2O3S. The smallest absolute Gasteiger partial charge is 0.274 e. The Morgan fingerprint density at radius 3 is 1.76 bits per heavy atom. The summed E-state index contributed by atoms with van der Waals surface area (Å²) in [5, 5.41) is 1.08. The topological polar surface area (TPSA) is 82.2 Å². The predicted molar refractivity (Wildman–Crippen MR) is 169 cm³/mol. The fourth-order valence-electron chi connectivity index (χ4n) is 5.08. The van der Waals surface area contributed by atoms with E-state index in [2.05, 4.69) is 0 Å². The number of nitrogens with zero attached hydrogens (tertiary/aromatic N) is 1. The van der Waals surface area contributed by atoms with Crippen LogP contribution in [0.3, 0.4) is 0 Å². The minimum Gasteiger partial charge on any atom is -0.384 e. The van der Waals surface area contributed by atoms with Crippen molar-refractivity contribution in [2.24, 2.45) is 5.73 Å². The van der Waals surface area contributed by atoms with Crippen LogP contribution in [0.2, 0.25) is 10.0 Å². The Balaban J connectivity index is 1.72. The van der Waals surface area contributed by atoms with E-state index in [1.54, 1.807) is 103 Å². The molecule has 0 aliphatic carbocycles. The lowest BCUT2D eigenvalue weighted by Crippen LogP contribution is -2.41. The molecule has 0 bridgehead atoms. The van der Waals surface area contributed by atoms with Gasteiger partial charge in [0.1, 0.15) is 10.5 Å². The van der Waals surface area contributed by atoms with Gasteiger partial charge in [-0.3, -0.25) is 19.0 Å². The monoisotopic (exact) mass is 608 g/mol. The highest BCUT2D eigenvalue weighted by molar-refractivity contribution is 7.07. The lowest BCUT2D eigenvalue weighted by molar-refractivity contribution is 0.102. The zero-order valence-electron chi connectivity index (χ0n) is 22.0. The van der Waals surface area contributed by atoms with Crippen LogP contribution in [0.25, 0.3) is 17.5 Å². The molecule has 1 atom stereocenters. The third-order valence-corrected chi connectivity index (χ3v) is 8.69. The number of thiazole rings is 1. The first-order chi connectivity index (χ1) is 20.3. The molecule has 1 aromatic heterocycles. The Kier molecular flexibility index (Phi) is 7.52. The highest BCUT2D eigenvalue weighted by atomic mass is 35.5. The van der Waals surface area contributed by atoms with Gasteiger partial charge in [-0.25, -0.2) is 0 Å². The van der Waals surface area contributed by atoms with Crippen molar-refractivity contribution in [1.29, 1.82) is 0 Å². The van der Waals surface area contributed by atoms with Gasteiger partial charge in [-0.2, -0.15) is 0 Å². The summed E-state index contributed by atoms with van der Waals surface area (Å²) in [6, 6.07) is 31.5. The molecule has 2 N–H and O–H groups in total. The van der Waals surface area contributed by atoms with Crippen LogP contribution in [-0.4, -0.2) is 16.1 Å². The summed E-state index contributed by atoms with van der Waals surface area (Å²) in [5.74, 6) is -1.56. The molecule has 1 aliphatic rings. The van der Waals surface area contributed by atoms with Crippen LogP contribution >= 0.6 is 34.5 Å². The minimum atomic E-state index is -0.857. The van der Waals surface area contributed by atoms with Gasteiger partial charge in [0.2, 0.25) is 0 Å². The minimum absolute atomic E-state index is 0.0135. The number of hydrogen-bond donors (Lipinski definition) is 1. The fourth-order valence-corrected chi connectivity index (χ4v) is 6.51. The van der Waals surface area contributed by atoms with Gasteiger partial charge in [-0.05, 0) is 41.5 Å². The van der Waals surface area contributed by atoms with Gasteiger partial charge < -0.3 is 5.73 Å². The van der Waals surface area contributed by atoms with E-state index in [0.29, 0.717) is 35.9 Å². The molecule has 0 radical (unpaired) electrons. The summed E-state index contributed by atoms with van der Waals surface area (Å²) < 4.78 is 2.03. The van der Waals surface area contributed by atoms with Gasteiger partial charge in [0.05, 0.1) is 10.1 Å². The number of ketones is 2. The number of halogens is 2. The first-order valence-electron chi connectivity index (χ1n) is 13.0. The SMILES string of the molecule is NC1=C(C(=O)c2ccccc2)C(c2ccc(Cl)cc2)C(C(=O)c2ccccc2)=c2s/c(=C/c3ccc(Cl)cc3)c(=O)n21. The molecule has 4 aromatic carbocycles. The maximum Gasteiger partial charge on any atom is 0.274 e. The summed E-state index contributed by atoms with van der Waals surface area (Å²) in [5.41, 5.74) is 8.99. The van der Waals surface area contributed by atoms with Crippen molar-refractivity contribution in [1.82, 2.24) is 4.57 Å². The van der Waals surface area contributed by atoms with Gasteiger partial charge in [0, 0.05) is 32.7 Å². The molecule has 2 heterocycles. The number of fused-ring (bicyclic) bond motifs is 1. The number of benzene rings is 4. The standard InChI is InChI=1S/C34H22Cl2N2O3S/c35-24-15-11-20(12-16-24)19-26-33(41)38-32(37)28(30(39)22-7-3-1-4-8-22)27(21-13-17-25(36)18-14-21)29(34(38)42-26)31(40)23-9-5-2-6-10-23/h1-19,27H,37H2/b26-19+. The van der Waals surface area contributed by atoms with Crippen molar-refractivity contribution in [2.45, 2.75) is 5.92 Å². The first-order valence-corrected chi connectivity index (χ1v) is 14.6. The van der Waals surface area contributed by atoms with Crippen LogP contribution in [0.5, 0.6) is 0 Å². The average Bonchev–Trinajstić information content (AvgIpc) is 3.34. The molecular weight excluding hydrogens is 587 g/mol. The number of Topliss-reactive ketones (excluding diaryl/α,β-unsaturated/α-hetero) is 2. The van der Waals surface area contributed by atoms with Crippen molar-refractivity contribution in [3.8, 4) is 0 Å². The number of carbonyl (C=O) groups is 2. The van der Waals surface area contributed by atoms with Crippen LogP contribution < -0.4 is 20.5 Å². The fraction of sp³-hybridized carbons (Fsp3) is 0.0294. The maximum absolute atomic E-state index is 14.4. The Morgan fingerprint density at radius 1 is 0.714 bits per heavy atom. The Morgan fingerprint density at radius 2 is 1.21 bits per heavy atom. The third-order valence-electron chi connectivity index (χ3n) is 7.08. The second-order valence-electron chi connectivity index (χ2n) is 9.70. The summed E-state index contributed by atoms with van der Waals surface area (Å²) in [6.45, 7) is 0. The lowest BCUT2D eigenvalue weighted by atomic mass is 9.77. The molecule has 6 rings (SSSR count). The predicted octanol–water partition coefficient (Wildman–Crippen LogP) is 5.89. The largest absolute Gasteiger partial charge is 0.384 e. The van der Waals surface area contributed by atoms with E-state index < -0.39 is 11.5 Å². The zero-order chi connectivity index (χ0) is 29.4. The van der Waals surface area contributed by atoms with Gasteiger partial charge in [0.25, 0.3) is 5.56 Å². The molecule has 1 unspecified atom stereocenters. The number of rotatable bonds is 6. The van der Waals surface area contributed by atoms with Crippen molar-refractivity contribution in [3.05, 3.63) is 167 Å². The lowest BCUT2D eigenvalue weighted by Gasteiger charge is -2.28. The molecule has 0 fully saturated rings. The van der Waals surface area contributed by atoms with Crippen LogP contribution in [0.4, 0.5) is 0 Å². The van der Waals surface area contributed by atoms with Crippen molar-refractivity contribution in [2.75, 3.05) is 0 Å². The highest BCUT2D eigenvalue weighted by Gasteiger charge is 2.38. The van der Waals surface area contributed by atoms with Crippen LogP contribution in [-0.2, 0) is 0 Å². The number of allylic oxidation sites excluding steroid dienone is 1. The summed E-state index contributed by atoms with van der Waals surface area (Å²) in [4.78, 5) is 42.5. The van der Waals surface area contributed by atoms with Crippen LogP contribution in [0.15, 0.2) is 120 Å². The first kappa shape index (κ1) is 27.7.